The van der Waals surface area contributed by atoms with Gasteiger partial charge in [0.1, 0.15) is 23.7 Å². The summed E-state index contributed by atoms with van der Waals surface area (Å²) < 4.78 is 5.54. The molecule has 2 heterocycles. The van der Waals surface area contributed by atoms with Crippen LogP contribution in [0.2, 0.25) is 0 Å². The maximum absolute atomic E-state index is 9.97. The number of aliphatic hydroxyl groups is 3. The highest BCUT2D eigenvalue weighted by Gasteiger charge is 2.48. The fraction of sp³-hybridized carbons (Fsp3) is 0.909. The minimum Gasteiger partial charge on any atom is -0.394 e. The maximum atomic E-state index is 9.97. The van der Waals surface area contributed by atoms with Gasteiger partial charge in [0, 0.05) is 6.54 Å². The summed E-state index contributed by atoms with van der Waals surface area (Å²) in [6, 6.07) is -0.376. The molecule has 0 saturated carbocycles. The van der Waals surface area contributed by atoms with E-state index in [0.29, 0.717) is 12.5 Å². The van der Waals surface area contributed by atoms with Gasteiger partial charge in [0.2, 0.25) is 0 Å². The van der Waals surface area contributed by atoms with E-state index in [4.69, 9.17) is 9.84 Å². The highest BCUT2D eigenvalue weighted by atomic mass is 32.2. The molecule has 7 heteroatoms. The molecule has 0 aromatic carbocycles. The van der Waals surface area contributed by atoms with Crippen LogP contribution in [0.4, 0.5) is 0 Å². The summed E-state index contributed by atoms with van der Waals surface area (Å²) in [5, 5.41) is 32.6. The molecule has 2 aliphatic rings. The lowest BCUT2D eigenvalue weighted by molar-refractivity contribution is -0.167. The number of hydrogen-bond donors (Lipinski definition) is 4. The Morgan fingerprint density at radius 2 is 2.11 bits per heavy atom. The first-order valence-corrected chi connectivity index (χ1v) is 7.01. The van der Waals surface area contributed by atoms with Crippen LogP contribution < -0.4 is 5.32 Å². The Hall–Kier alpha value is -0.340. The van der Waals surface area contributed by atoms with Crippen LogP contribution >= 0.6 is 11.8 Å². The van der Waals surface area contributed by atoms with Crippen molar-refractivity contribution in [1.29, 1.82) is 0 Å². The monoisotopic (exact) mass is 276 g/mol. The van der Waals surface area contributed by atoms with Crippen molar-refractivity contribution in [1.82, 2.24) is 5.32 Å². The van der Waals surface area contributed by atoms with E-state index in [2.05, 4.69) is 24.2 Å². The number of ether oxygens (including phenoxy) is 1. The van der Waals surface area contributed by atoms with Gasteiger partial charge >= 0.3 is 0 Å². The van der Waals surface area contributed by atoms with Gasteiger partial charge in [-0.15, -0.1) is 0 Å². The number of fused-ring (bicyclic) bond motifs is 1. The molecule has 5 unspecified atom stereocenters. The van der Waals surface area contributed by atoms with Gasteiger partial charge in [-0.2, -0.15) is 0 Å². The van der Waals surface area contributed by atoms with Gasteiger partial charge in [0.25, 0.3) is 0 Å². The van der Waals surface area contributed by atoms with Crippen LogP contribution in [-0.4, -0.2) is 63.4 Å². The van der Waals surface area contributed by atoms with Crippen LogP contribution in [-0.2, 0) is 4.74 Å². The number of nitrogens with zero attached hydrogens (tertiary/aromatic N) is 1. The number of nitrogens with one attached hydrogen (secondary N) is 1. The summed E-state index contributed by atoms with van der Waals surface area (Å²) >= 11 is 1.40. The van der Waals surface area contributed by atoms with Crippen LogP contribution in [0.25, 0.3) is 0 Å². The Bertz CT molecular complexity index is 326. The molecule has 0 bridgehead atoms. The molecule has 0 radical (unpaired) electrons. The summed E-state index contributed by atoms with van der Waals surface area (Å²) in [4.78, 5) is 4.39. The summed E-state index contributed by atoms with van der Waals surface area (Å²) in [6.07, 6.45) is -2.77. The molecule has 2 aliphatic heterocycles. The zero-order chi connectivity index (χ0) is 13.3. The Morgan fingerprint density at radius 1 is 1.39 bits per heavy atom. The standard InChI is InChI=1S/C11H20N2O4S/c1-5(2)3-12-11-13-7-9(16)8(15)6(4-14)17-10(7)18-11/h5-10,14-16H,3-4H2,1-2H3,(H,12,13). The zero-order valence-electron chi connectivity index (χ0n) is 10.5. The fourth-order valence-corrected chi connectivity index (χ4v) is 3.12. The molecule has 2 rings (SSSR count). The molecule has 5 atom stereocenters. The summed E-state index contributed by atoms with van der Waals surface area (Å²) in [5.41, 5.74) is -0.313. The highest BCUT2D eigenvalue weighted by molar-refractivity contribution is 8.14. The summed E-state index contributed by atoms with van der Waals surface area (Å²) in [5.74, 6) is 0.462. The Balaban J connectivity index is 2.03. The Kier molecular flexibility index (Phi) is 4.50. The van der Waals surface area contributed by atoms with Gasteiger partial charge < -0.3 is 25.4 Å². The van der Waals surface area contributed by atoms with Crippen LogP contribution in [0.1, 0.15) is 13.8 Å². The van der Waals surface area contributed by atoms with E-state index in [1.54, 1.807) is 0 Å². The lowest BCUT2D eigenvalue weighted by Crippen LogP contribution is -2.59. The number of amidine groups is 1. The molecule has 18 heavy (non-hydrogen) atoms. The normalized spacial score (nSPS) is 42.1. The molecular formula is C11H20N2O4S. The second-order valence-electron chi connectivity index (χ2n) is 5.03. The van der Waals surface area contributed by atoms with Gasteiger partial charge in [0.15, 0.2) is 5.17 Å². The van der Waals surface area contributed by atoms with Crippen molar-refractivity contribution in [2.45, 2.75) is 43.6 Å². The lowest BCUT2D eigenvalue weighted by Gasteiger charge is -2.38. The highest BCUT2D eigenvalue weighted by Crippen LogP contribution is 2.33. The first-order chi connectivity index (χ1) is 8.52. The number of thioether (sulfide) groups is 1. The smallest absolute Gasteiger partial charge is 0.159 e. The number of hydrogen-bond acceptors (Lipinski definition) is 6. The SMILES string of the molecule is CC(C)CN=C1NC2C(OC(CO)C(O)C2O)S1. The number of aliphatic imine (C=N–C) groups is 1. The molecule has 104 valence electrons. The van der Waals surface area contributed by atoms with E-state index in [0.717, 1.165) is 5.17 Å². The van der Waals surface area contributed by atoms with E-state index in [-0.39, 0.29) is 18.1 Å². The minimum atomic E-state index is -1.08. The van der Waals surface area contributed by atoms with Crippen LogP contribution in [0.5, 0.6) is 0 Å². The van der Waals surface area contributed by atoms with E-state index in [1.165, 1.54) is 11.8 Å². The van der Waals surface area contributed by atoms with Crippen molar-refractivity contribution >= 4 is 16.9 Å². The molecule has 0 aromatic heterocycles. The van der Waals surface area contributed by atoms with Crippen molar-refractivity contribution in [3.63, 3.8) is 0 Å². The van der Waals surface area contributed by atoms with Gasteiger partial charge in [0.05, 0.1) is 12.6 Å². The maximum Gasteiger partial charge on any atom is 0.159 e. The fourth-order valence-electron chi connectivity index (χ4n) is 1.97. The molecule has 0 aromatic rings. The molecule has 6 nitrogen and oxygen atoms in total. The predicted molar refractivity (Wildman–Crippen MR) is 69.4 cm³/mol. The first-order valence-electron chi connectivity index (χ1n) is 6.13. The van der Waals surface area contributed by atoms with Crippen LogP contribution in [0, 0.1) is 5.92 Å². The third-order valence-corrected chi connectivity index (χ3v) is 4.11. The van der Waals surface area contributed by atoms with Crippen LogP contribution in [0.15, 0.2) is 4.99 Å². The molecule has 2 fully saturated rings. The van der Waals surface area contributed by atoms with Gasteiger partial charge in [-0.05, 0) is 5.92 Å². The summed E-state index contributed by atoms with van der Waals surface area (Å²) in [6.45, 7) is 4.55. The lowest BCUT2D eigenvalue weighted by atomic mass is 9.98. The number of aliphatic hydroxyl groups excluding tert-OH is 3. The number of rotatable bonds is 3. The van der Waals surface area contributed by atoms with Crippen molar-refractivity contribution in [3.8, 4) is 0 Å². The Labute approximate surface area is 110 Å². The van der Waals surface area contributed by atoms with Crippen molar-refractivity contribution in [3.05, 3.63) is 0 Å². The quantitative estimate of drug-likeness (QED) is 0.536. The zero-order valence-corrected chi connectivity index (χ0v) is 11.3. The second-order valence-corrected chi connectivity index (χ2v) is 6.12. The third-order valence-electron chi connectivity index (χ3n) is 3.00. The molecule has 0 spiro atoms. The topological polar surface area (TPSA) is 94.3 Å². The molecule has 2 saturated heterocycles. The van der Waals surface area contributed by atoms with Gasteiger partial charge in [-0.3, -0.25) is 4.99 Å². The van der Waals surface area contributed by atoms with Gasteiger partial charge in [-0.1, -0.05) is 25.6 Å². The average Bonchev–Trinajstić information content (AvgIpc) is 2.74. The molecule has 4 N–H and O–H groups in total. The average molecular weight is 276 g/mol. The van der Waals surface area contributed by atoms with E-state index < -0.39 is 18.3 Å². The second kappa shape index (κ2) is 5.75. The molecular weight excluding hydrogens is 256 g/mol. The summed E-state index contributed by atoms with van der Waals surface area (Å²) in [7, 11) is 0. The minimum absolute atomic E-state index is 0.305. The van der Waals surface area contributed by atoms with Crippen molar-refractivity contribution in [2.75, 3.05) is 13.2 Å². The van der Waals surface area contributed by atoms with Crippen molar-refractivity contribution in [2.24, 2.45) is 10.9 Å². The largest absolute Gasteiger partial charge is 0.394 e. The third kappa shape index (κ3) is 2.80. The van der Waals surface area contributed by atoms with E-state index in [1.807, 2.05) is 0 Å². The van der Waals surface area contributed by atoms with Crippen LogP contribution in [0.3, 0.4) is 0 Å². The van der Waals surface area contributed by atoms with Crippen molar-refractivity contribution < 1.29 is 20.1 Å². The molecule has 0 aliphatic carbocycles. The predicted octanol–water partition coefficient (Wildman–Crippen LogP) is -0.858. The van der Waals surface area contributed by atoms with E-state index >= 15 is 0 Å². The first kappa shape index (κ1) is 14.1. The molecule has 0 amide bonds. The van der Waals surface area contributed by atoms with Gasteiger partial charge in [-0.25, -0.2) is 0 Å². The Morgan fingerprint density at radius 3 is 2.72 bits per heavy atom. The van der Waals surface area contributed by atoms with E-state index in [9.17, 15) is 10.2 Å².